The second kappa shape index (κ2) is 9.53. The summed E-state index contributed by atoms with van der Waals surface area (Å²) in [5.41, 5.74) is 2.38. The minimum Gasteiger partial charge on any atom is -0.489 e. The first kappa shape index (κ1) is 22.0. The zero-order valence-electron chi connectivity index (χ0n) is 18.2. The van der Waals surface area contributed by atoms with Crippen LogP contribution in [0.15, 0.2) is 95.7 Å². The van der Waals surface area contributed by atoms with E-state index in [1.54, 1.807) is 43.3 Å². The van der Waals surface area contributed by atoms with E-state index in [4.69, 9.17) is 9.47 Å². The van der Waals surface area contributed by atoms with Crippen LogP contribution < -0.4 is 9.64 Å². The van der Waals surface area contributed by atoms with Crippen LogP contribution >= 0.6 is 0 Å². The molecular weight excluding hydrogens is 421 g/mol. The molecule has 0 saturated carbocycles. The highest BCUT2D eigenvalue weighted by atomic mass is 19.1. The third-order valence-electron chi connectivity index (χ3n) is 5.32. The zero-order chi connectivity index (χ0) is 23.4. The molecule has 0 atom stereocenters. The molecule has 0 spiro atoms. The molecule has 0 N–H and O–H groups in total. The molecule has 0 saturated heterocycles. The minimum absolute atomic E-state index is 0.0782. The van der Waals surface area contributed by atoms with Gasteiger partial charge in [-0.05, 0) is 48.4 Å². The molecule has 166 valence electrons. The van der Waals surface area contributed by atoms with Gasteiger partial charge in [-0.2, -0.15) is 0 Å². The molecule has 0 bridgehead atoms. The number of rotatable bonds is 6. The van der Waals surface area contributed by atoms with Gasteiger partial charge in [0.1, 0.15) is 18.2 Å². The second-order valence-corrected chi connectivity index (χ2v) is 7.45. The molecule has 3 aromatic rings. The smallest absolute Gasteiger partial charge is 0.340 e. The molecule has 0 unspecified atom stereocenters. The number of esters is 1. The van der Waals surface area contributed by atoms with Crippen LogP contribution in [0.5, 0.6) is 5.75 Å². The highest BCUT2D eigenvalue weighted by Gasteiger charge is 2.38. The van der Waals surface area contributed by atoms with E-state index >= 15 is 0 Å². The fourth-order valence-electron chi connectivity index (χ4n) is 3.67. The summed E-state index contributed by atoms with van der Waals surface area (Å²) in [4.78, 5) is 26.9. The largest absolute Gasteiger partial charge is 0.489 e. The van der Waals surface area contributed by atoms with Crippen molar-refractivity contribution in [3.63, 3.8) is 0 Å². The molecule has 1 amide bonds. The van der Waals surface area contributed by atoms with Crippen LogP contribution in [-0.2, 0) is 20.9 Å². The number of benzene rings is 3. The Morgan fingerprint density at radius 3 is 2.30 bits per heavy atom. The molecule has 6 heteroatoms. The summed E-state index contributed by atoms with van der Waals surface area (Å²) in [5, 5.41) is 0. The van der Waals surface area contributed by atoms with Gasteiger partial charge in [-0.15, -0.1) is 0 Å². The van der Waals surface area contributed by atoms with Gasteiger partial charge < -0.3 is 9.47 Å². The number of hydrogen-bond donors (Lipinski definition) is 0. The number of nitrogens with zero attached hydrogens (tertiary/aromatic N) is 1. The summed E-state index contributed by atoms with van der Waals surface area (Å²) in [5.74, 6) is -1.04. The van der Waals surface area contributed by atoms with Gasteiger partial charge in [0.05, 0.1) is 23.9 Å². The lowest BCUT2D eigenvalue weighted by Gasteiger charge is -2.18. The lowest BCUT2D eigenvalue weighted by molar-refractivity contribution is -0.136. The van der Waals surface area contributed by atoms with Crippen LogP contribution in [0.2, 0.25) is 0 Å². The van der Waals surface area contributed by atoms with Gasteiger partial charge in [-0.3, -0.25) is 9.69 Å². The maximum atomic E-state index is 14.4. The van der Waals surface area contributed by atoms with E-state index in [1.165, 1.54) is 30.2 Å². The van der Waals surface area contributed by atoms with E-state index in [0.29, 0.717) is 23.6 Å². The molecule has 0 aromatic heterocycles. The second-order valence-electron chi connectivity index (χ2n) is 7.45. The lowest BCUT2D eigenvalue weighted by Crippen LogP contribution is -2.25. The van der Waals surface area contributed by atoms with Gasteiger partial charge in [-0.25, -0.2) is 9.18 Å². The Morgan fingerprint density at radius 2 is 1.64 bits per heavy atom. The Labute approximate surface area is 191 Å². The molecule has 5 nitrogen and oxygen atoms in total. The fraction of sp³-hybridized carbons (Fsp3) is 0.111. The van der Waals surface area contributed by atoms with Crippen LogP contribution in [-0.4, -0.2) is 19.0 Å². The van der Waals surface area contributed by atoms with E-state index in [0.717, 1.165) is 5.56 Å². The molecule has 4 rings (SSSR count). The van der Waals surface area contributed by atoms with Crippen molar-refractivity contribution in [2.75, 3.05) is 12.0 Å². The summed E-state index contributed by atoms with van der Waals surface area (Å²) >= 11 is 0. The summed E-state index contributed by atoms with van der Waals surface area (Å²) in [6.45, 7) is 2.03. The Hall–Kier alpha value is -4.19. The Morgan fingerprint density at radius 1 is 0.970 bits per heavy atom. The molecule has 3 aromatic carbocycles. The van der Waals surface area contributed by atoms with Crippen molar-refractivity contribution >= 4 is 23.6 Å². The first-order chi connectivity index (χ1) is 16.0. The SMILES string of the molecule is COC(=O)C1=C(C)N(c2ccccc2F)C(=O)/C1=C\c1ccc(OCc2ccccc2)cc1. The van der Waals surface area contributed by atoms with E-state index in [9.17, 15) is 14.0 Å². The average molecular weight is 443 g/mol. The number of amides is 1. The van der Waals surface area contributed by atoms with Crippen molar-refractivity contribution in [2.45, 2.75) is 13.5 Å². The van der Waals surface area contributed by atoms with Crippen molar-refractivity contribution in [2.24, 2.45) is 0 Å². The summed E-state index contributed by atoms with van der Waals surface area (Å²) in [6.07, 6.45) is 1.60. The normalized spacial score (nSPS) is 14.7. The molecular formula is C27H22FNO4. The number of methoxy groups -OCH3 is 1. The van der Waals surface area contributed by atoms with Crippen LogP contribution in [0.1, 0.15) is 18.1 Å². The van der Waals surface area contributed by atoms with Crippen molar-refractivity contribution in [3.05, 3.63) is 113 Å². The van der Waals surface area contributed by atoms with Crippen LogP contribution in [0, 0.1) is 5.82 Å². The Bertz CT molecular complexity index is 1250. The van der Waals surface area contributed by atoms with Crippen molar-refractivity contribution in [1.82, 2.24) is 0 Å². The van der Waals surface area contributed by atoms with Crippen molar-refractivity contribution < 1.29 is 23.5 Å². The standard InChI is InChI=1S/C27H22FNO4/c1-18-25(27(31)32-2)22(26(30)29(18)24-11-7-6-10-23(24)28)16-19-12-14-21(15-13-19)33-17-20-8-4-3-5-9-20/h3-16H,17H2,1-2H3/b22-16-. The predicted octanol–water partition coefficient (Wildman–Crippen LogP) is 5.28. The van der Waals surface area contributed by atoms with Gasteiger partial charge in [0, 0.05) is 5.70 Å². The first-order valence-corrected chi connectivity index (χ1v) is 10.4. The summed E-state index contributed by atoms with van der Waals surface area (Å²) in [7, 11) is 1.25. The van der Waals surface area contributed by atoms with E-state index < -0.39 is 17.7 Å². The van der Waals surface area contributed by atoms with Gasteiger partial charge in [-0.1, -0.05) is 54.6 Å². The van der Waals surface area contributed by atoms with Crippen LogP contribution in [0.25, 0.3) is 6.08 Å². The van der Waals surface area contributed by atoms with Crippen LogP contribution in [0.3, 0.4) is 0 Å². The molecule has 0 aliphatic carbocycles. The predicted molar refractivity (Wildman–Crippen MR) is 124 cm³/mol. The first-order valence-electron chi connectivity index (χ1n) is 10.4. The number of carbonyl (C=O) groups excluding carboxylic acids is 2. The monoisotopic (exact) mass is 443 g/mol. The molecule has 1 aliphatic heterocycles. The third-order valence-corrected chi connectivity index (χ3v) is 5.32. The minimum atomic E-state index is -0.659. The lowest BCUT2D eigenvalue weighted by atomic mass is 10.0. The number of allylic oxidation sites excluding steroid dienone is 1. The molecule has 1 heterocycles. The van der Waals surface area contributed by atoms with E-state index in [2.05, 4.69) is 0 Å². The molecule has 33 heavy (non-hydrogen) atoms. The maximum Gasteiger partial charge on any atom is 0.340 e. The van der Waals surface area contributed by atoms with E-state index in [1.807, 2.05) is 30.3 Å². The topological polar surface area (TPSA) is 55.8 Å². The summed E-state index contributed by atoms with van der Waals surface area (Å²) < 4.78 is 25.1. The quantitative estimate of drug-likeness (QED) is 0.384. The Kier molecular flexibility index (Phi) is 6.36. The molecule has 0 fully saturated rings. The van der Waals surface area contributed by atoms with Crippen molar-refractivity contribution in [3.8, 4) is 5.75 Å². The maximum absolute atomic E-state index is 14.4. The van der Waals surface area contributed by atoms with Crippen LogP contribution in [0.4, 0.5) is 10.1 Å². The zero-order valence-corrected chi connectivity index (χ0v) is 18.2. The highest BCUT2D eigenvalue weighted by molar-refractivity contribution is 6.23. The third kappa shape index (κ3) is 4.55. The van der Waals surface area contributed by atoms with Gasteiger partial charge in [0.2, 0.25) is 0 Å². The molecule has 1 aliphatic rings. The Balaban J connectivity index is 1.62. The number of hydrogen-bond acceptors (Lipinski definition) is 4. The number of anilines is 1. The number of ether oxygens (including phenoxy) is 2. The highest BCUT2D eigenvalue weighted by Crippen LogP contribution is 2.36. The fourth-order valence-corrected chi connectivity index (χ4v) is 3.67. The van der Waals surface area contributed by atoms with Gasteiger partial charge in [0.15, 0.2) is 0 Å². The number of para-hydroxylation sites is 1. The number of halogens is 1. The molecule has 0 radical (unpaired) electrons. The summed E-state index contributed by atoms with van der Waals surface area (Å²) in [6, 6.07) is 22.9. The van der Waals surface area contributed by atoms with E-state index in [-0.39, 0.29) is 16.8 Å². The van der Waals surface area contributed by atoms with Gasteiger partial charge >= 0.3 is 5.97 Å². The van der Waals surface area contributed by atoms with Gasteiger partial charge in [0.25, 0.3) is 5.91 Å². The average Bonchev–Trinajstić information content (AvgIpc) is 3.08. The van der Waals surface area contributed by atoms with Crippen molar-refractivity contribution in [1.29, 1.82) is 0 Å². The number of carbonyl (C=O) groups is 2.